The van der Waals surface area contributed by atoms with Gasteiger partial charge < -0.3 is 15.4 Å². The van der Waals surface area contributed by atoms with E-state index < -0.39 is 0 Å². The number of nitrogens with zero attached hydrogens (tertiary/aromatic N) is 1. The molecule has 0 aliphatic carbocycles. The summed E-state index contributed by atoms with van der Waals surface area (Å²) < 4.78 is 0. The van der Waals surface area contributed by atoms with Gasteiger partial charge in [-0.2, -0.15) is 0 Å². The number of aliphatic hydroxyl groups is 1. The second kappa shape index (κ2) is 3.25. The molecule has 0 amide bonds. The van der Waals surface area contributed by atoms with E-state index in [-0.39, 0.29) is 12.1 Å². The lowest BCUT2D eigenvalue weighted by molar-refractivity contribution is 0.159. The number of hydrogen-bond acceptors (Lipinski definition) is 3. The summed E-state index contributed by atoms with van der Waals surface area (Å²) in [5.74, 6) is 0. The van der Waals surface area contributed by atoms with Crippen molar-refractivity contribution in [2.75, 3.05) is 6.54 Å². The zero-order valence-electron chi connectivity index (χ0n) is 6.83. The van der Waals surface area contributed by atoms with Crippen LogP contribution in [0, 0.1) is 0 Å². The highest BCUT2D eigenvalue weighted by Crippen LogP contribution is 2.10. The molecular weight excluding hydrogens is 154 g/mol. The Morgan fingerprint density at radius 3 is 3.17 bits per heavy atom. The van der Waals surface area contributed by atoms with Gasteiger partial charge in [0.1, 0.15) is 0 Å². The van der Waals surface area contributed by atoms with Crippen LogP contribution in [0.5, 0.6) is 0 Å². The van der Waals surface area contributed by atoms with Gasteiger partial charge in [-0.3, -0.25) is 0 Å². The molecule has 4 heteroatoms. The lowest BCUT2D eigenvalue weighted by Crippen LogP contribution is -2.32. The Kier molecular flexibility index (Phi) is 2.10. The molecule has 2 unspecified atom stereocenters. The molecule has 66 valence electrons. The highest BCUT2D eigenvalue weighted by Gasteiger charge is 2.24. The first-order valence-corrected chi connectivity index (χ1v) is 4.25. The molecule has 1 aromatic heterocycles. The second-order valence-electron chi connectivity index (χ2n) is 3.20. The van der Waals surface area contributed by atoms with Crippen molar-refractivity contribution in [1.82, 2.24) is 15.3 Å². The van der Waals surface area contributed by atoms with Crippen LogP contribution in [0.25, 0.3) is 0 Å². The first kappa shape index (κ1) is 7.76. The Morgan fingerprint density at radius 1 is 1.67 bits per heavy atom. The Morgan fingerprint density at radius 2 is 2.58 bits per heavy atom. The van der Waals surface area contributed by atoms with E-state index in [9.17, 15) is 5.11 Å². The van der Waals surface area contributed by atoms with Crippen molar-refractivity contribution in [3.8, 4) is 0 Å². The minimum Gasteiger partial charge on any atom is -0.391 e. The molecule has 4 nitrogen and oxygen atoms in total. The largest absolute Gasteiger partial charge is 0.391 e. The molecule has 3 N–H and O–H groups in total. The Labute approximate surface area is 71.0 Å². The molecule has 0 aromatic carbocycles. The van der Waals surface area contributed by atoms with Crippen LogP contribution in [0.2, 0.25) is 0 Å². The summed E-state index contributed by atoms with van der Waals surface area (Å²) in [6, 6.07) is 0.199. The number of H-pyrrole nitrogens is 1. The smallest absolute Gasteiger partial charge is 0.0921 e. The number of imidazole rings is 1. The van der Waals surface area contributed by atoms with Crippen LogP contribution in [0.3, 0.4) is 0 Å². The van der Waals surface area contributed by atoms with Crippen molar-refractivity contribution in [1.29, 1.82) is 0 Å². The molecule has 2 atom stereocenters. The third-order valence-corrected chi connectivity index (χ3v) is 2.31. The molecule has 1 saturated heterocycles. The standard InChI is InChI=1S/C8H13N3O/c12-8-1-2-10-7(8)3-6-4-9-5-11-6/h4-5,7-8,10,12H,1-3H2,(H,9,11). The van der Waals surface area contributed by atoms with Gasteiger partial charge in [-0.05, 0) is 13.0 Å². The summed E-state index contributed by atoms with van der Waals surface area (Å²) in [4.78, 5) is 6.95. The summed E-state index contributed by atoms with van der Waals surface area (Å²) in [6.45, 7) is 0.917. The van der Waals surface area contributed by atoms with E-state index in [1.54, 1.807) is 12.5 Å². The maximum absolute atomic E-state index is 9.49. The minimum absolute atomic E-state index is 0.199. The molecule has 12 heavy (non-hydrogen) atoms. The highest BCUT2D eigenvalue weighted by atomic mass is 16.3. The predicted molar refractivity (Wildman–Crippen MR) is 44.7 cm³/mol. The highest BCUT2D eigenvalue weighted by molar-refractivity contribution is 5.00. The van der Waals surface area contributed by atoms with E-state index in [2.05, 4.69) is 15.3 Å². The van der Waals surface area contributed by atoms with Gasteiger partial charge in [0.05, 0.1) is 12.4 Å². The average molecular weight is 167 g/mol. The third kappa shape index (κ3) is 1.49. The molecule has 0 bridgehead atoms. The van der Waals surface area contributed by atoms with Crippen LogP contribution < -0.4 is 5.32 Å². The number of rotatable bonds is 2. The summed E-state index contributed by atoms with van der Waals surface area (Å²) in [6.07, 6.45) is 4.96. The van der Waals surface area contributed by atoms with Crippen LogP contribution in [0.4, 0.5) is 0 Å². The first-order chi connectivity index (χ1) is 5.86. The fraction of sp³-hybridized carbons (Fsp3) is 0.625. The van der Waals surface area contributed by atoms with Gasteiger partial charge in [-0.1, -0.05) is 0 Å². The van der Waals surface area contributed by atoms with Crippen molar-refractivity contribution in [3.63, 3.8) is 0 Å². The van der Waals surface area contributed by atoms with Gasteiger partial charge in [0.15, 0.2) is 0 Å². The van der Waals surface area contributed by atoms with Gasteiger partial charge >= 0.3 is 0 Å². The molecule has 2 rings (SSSR count). The van der Waals surface area contributed by atoms with E-state index in [0.29, 0.717) is 0 Å². The van der Waals surface area contributed by atoms with E-state index in [1.165, 1.54) is 0 Å². The van der Waals surface area contributed by atoms with Gasteiger partial charge in [-0.25, -0.2) is 4.98 Å². The van der Waals surface area contributed by atoms with Crippen molar-refractivity contribution < 1.29 is 5.11 Å². The molecule has 1 aliphatic rings. The van der Waals surface area contributed by atoms with E-state index in [0.717, 1.165) is 25.1 Å². The van der Waals surface area contributed by atoms with Crippen LogP contribution >= 0.6 is 0 Å². The SMILES string of the molecule is OC1CCNC1Cc1cnc[nH]1. The van der Waals surface area contributed by atoms with Crippen LogP contribution in [0.15, 0.2) is 12.5 Å². The van der Waals surface area contributed by atoms with Gasteiger partial charge in [0, 0.05) is 24.4 Å². The lowest BCUT2D eigenvalue weighted by atomic mass is 10.1. The van der Waals surface area contributed by atoms with E-state index in [1.807, 2.05) is 0 Å². The number of hydrogen-bond donors (Lipinski definition) is 3. The molecule has 0 radical (unpaired) electrons. The molecule has 2 heterocycles. The zero-order chi connectivity index (χ0) is 8.39. The van der Waals surface area contributed by atoms with Gasteiger partial charge in [0.2, 0.25) is 0 Å². The molecule has 0 spiro atoms. The first-order valence-electron chi connectivity index (χ1n) is 4.25. The molecule has 0 saturated carbocycles. The normalized spacial score (nSPS) is 29.4. The van der Waals surface area contributed by atoms with Crippen molar-refractivity contribution in [2.45, 2.75) is 25.0 Å². The van der Waals surface area contributed by atoms with Crippen LogP contribution in [-0.4, -0.2) is 33.8 Å². The number of aromatic nitrogens is 2. The van der Waals surface area contributed by atoms with E-state index in [4.69, 9.17) is 0 Å². The van der Waals surface area contributed by atoms with Crippen LogP contribution in [0.1, 0.15) is 12.1 Å². The predicted octanol–water partition coefficient (Wildman–Crippen LogP) is -0.325. The summed E-state index contributed by atoms with van der Waals surface area (Å²) >= 11 is 0. The molecule has 1 fully saturated rings. The third-order valence-electron chi connectivity index (χ3n) is 2.31. The molecule has 1 aromatic rings. The average Bonchev–Trinajstić information content (AvgIpc) is 2.65. The summed E-state index contributed by atoms with van der Waals surface area (Å²) in [5.41, 5.74) is 1.08. The van der Waals surface area contributed by atoms with Crippen molar-refractivity contribution in [2.24, 2.45) is 0 Å². The fourth-order valence-corrected chi connectivity index (χ4v) is 1.60. The van der Waals surface area contributed by atoms with Crippen molar-refractivity contribution >= 4 is 0 Å². The topological polar surface area (TPSA) is 60.9 Å². The fourth-order valence-electron chi connectivity index (χ4n) is 1.60. The Bertz CT molecular complexity index is 234. The maximum Gasteiger partial charge on any atom is 0.0921 e. The van der Waals surface area contributed by atoms with Gasteiger partial charge in [0.25, 0.3) is 0 Å². The minimum atomic E-state index is -0.201. The zero-order valence-corrected chi connectivity index (χ0v) is 6.83. The monoisotopic (exact) mass is 167 g/mol. The van der Waals surface area contributed by atoms with Crippen LogP contribution in [-0.2, 0) is 6.42 Å². The van der Waals surface area contributed by atoms with Gasteiger partial charge in [-0.15, -0.1) is 0 Å². The summed E-state index contributed by atoms with van der Waals surface area (Å²) in [5, 5.41) is 12.7. The Balaban J connectivity index is 1.95. The lowest BCUT2D eigenvalue weighted by Gasteiger charge is -2.12. The second-order valence-corrected chi connectivity index (χ2v) is 3.20. The summed E-state index contributed by atoms with van der Waals surface area (Å²) in [7, 11) is 0. The van der Waals surface area contributed by atoms with E-state index >= 15 is 0 Å². The Hall–Kier alpha value is -0.870. The number of aromatic amines is 1. The molecule has 1 aliphatic heterocycles. The number of aliphatic hydroxyl groups excluding tert-OH is 1. The number of nitrogens with one attached hydrogen (secondary N) is 2. The quantitative estimate of drug-likeness (QED) is 0.565. The molecular formula is C8H13N3O. The maximum atomic E-state index is 9.49. The van der Waals surface area contributed by atoms with Crippen molar-refractivity contribution in [3.05, 3.63) is 18.2 Å².